The molecular formula is C9H17NS. The lowest BCUT2D eigenvalue weighted by Gasteiger charge is -2.33. The van der Waals surface area contributed by atoms with Gasteiger partial charge in [0.15, 0.2) is 0 Å². The highest BCUT2D eigenvalue weighted by molar-refractivity contribution is 8.01. The van der Waals surface area contributed by atoms with E-state index in [0.29, 0.717) is 0 Å². The molecule has 0 amide bonds. The number of rotatable bonds is 4. The van der Waals surface area contributed by atoms with Crippen LogP contribution in [0.4, 0.5) is 0 Å². The summed E-state index contributed by atoms with van der Waals surface area (Å²) in [6.07, 6.45) is 4.49. The molecule has 2 rings (SSSR count). The van der Waals surface area contributed by atoms with Gasteiger partial charge in [0.2, 0.25) is 0 Å². The van der Waals surface area contributed by atoms with E-state index in [-0.39, 0.29) is 0 Å². The van der Waals surface area contributed by atoms with Gasteiger partial charge in [0.25, 0.3) is 0 Å². The molecule has 11 heavy (non-hydrogen) atoms. The monoisotopic (exact) mass is 171 g/mol. The first-order valence-electron chi connectivity index (χ1n) is 4.68. The Hall–Kier alpha value is 0.310. The summed E-state index contributed by atoms with van der Waals surface area (Å²) in [6, 6.07) is 0. The van der Waals surface area contributed by atoms with Gasteiger partial charge < -0.3 is 5.32 Å². The molecule has 1 heterocycles. The van der Waals surface area contributed by atoms with E-state index in [1.807, 2.05) is 0 Å². The summed E-state index contributed by atoms with van der Waals surface area (Å²) in [6.45, 7) is 1.25. The Morgan fingerprint density at radius 3 is 2.55 bits per heavy atom. The fourth-order valence-corrected chi connectivity index (χ4v) is 3.03. The smallest absolute Gasteiger partial charge is 0.00979 e. The Labute approximate surface area is 73.3 Å². The fraction of sp³-hybridized carbons (Fsp3) is 1.00. The lowest BCUT2D eigenvalue weighted by molar-refractivity contribution is 0.410. The maximum atomic E-state index is 3.32. The largest absolute Gasteiger partial charge is 0.319 e. The minimum Gasteiger partial charge on any atom is -0.319 e. The zero-order chi connectivity index (χ0) is 7.68. The maximum absolute atomic E-state index is 3.32. The van der Waals surface area contributed by atoms with Crippen LogP contribution in [0.25, 0.3) is 0 Å². The molecule has 2 heteroatoms. The van der Waals surface area contributed by atoms with E-state index in [1.165, 1.54) is 31.6 Å². The Bertz CT molecular complexity index is 130. The van der Waals surface area contributed by atoms with Crippen LogP contribution in [-0.4, -0.2) is 24.6 Å². The summed E-state index contributed by atoms with van der Waals surface area (Å²) >= 11 is 2.18. The summed E-state index contributed by atoms with van der Waals surface area (Å²) in [5, 5.41) is 4.33. The Kier molecular flexibility index (Phi) is 2.42. The van der Waals surface area contributed by atoms with Crippen molar-refractivity contribution in [2.45, 2.75) is 24.5 Å². The molecule has 1 saturated heterocycles. The van der Waals surface area contributed by atoms with Gasteiger partial charge in [0.1, 0.15) is 0 Å². The quantitative estimate of drug-likeness (QED) is 0.691. The highest BCUT2D eigenvalue weighted by Crippen LogP contribution is 2.46. The third kappa shape index (κ3) is 1.73. The van der Waals surface area contributed by atoms with Crippen LogP contribution in [0, 0.1) is 11.8 Å². The summed E-state index contributed by atoms with van der Waals surface area (Å²) in [7, 11) is 2.08. The van der Waals surface area contributed by atoms with Gasteiger partial charge in [0.05, 0.1) is 0 Å². The second kappa shape index (κ2) is 3.36. The van der Waals surface area contributed by atoms with Gasteiger partial charge in [-0.1, -0.05) is 0 Å². The van der Waals surface area contributed by atoms with Crippen molar-refractivity contribution >= 4 is 11.8 Å². The molecule has 0 aromatic rings. The lowest BCUT2D eigenvalue weighted by atomic mass is 9.97. The van der Waals surface area contributed by atoms with E-state index >= 15 is 0 Å². The predicted octanol–water partition coefficient (Wildman–Crippen LogP) is 1.74. The molecule has 1 aliphatic heterocycles. The molecule has 0 radical (unpaired) electrons. The third-order valence-electron chi connectivity index (χ3n) is 2.88. The second-order valence-corrected chi connectivity index (χ2v) is 5.10. The molecule has 0 aromatic carbocycles. The first-order valence-corrected chi connectivity index (χ1v) is 5.73. The van der Waals surface area contributed by atoms with Crippen LogP contribution in [0.1, 0.15) is 19.3 Å². The number of hydrogen-bond acceptors (Lipinski definition) is 2. The molecule has 0 aromatic heterocycles. The Morgan fingerprint density at radius 1 is 1.45 bits per heavy atom. The highest BCUT2D eigenvalue weighted by atomic mass is 32.2. The Balaban J connectivity index is 1.81. The minimum atomic E-state index is 0.999. The average molecular weight is 171 g/mol. The van der Waals surface area contributed by atoms with Crippen molar-refractivity contribution in [3.05, 3.63) is 0 Å². The van der Waals surface area contributed by atoms with Gasteiger partial charge in [-0.05, 0) is 50.4 Å². The molecular weight excluding hydrogens is 154 g/mol. The van der Waals surface area contributed by atoms with Crippen LogP contribution in [0.3, 0.4) is 0 Å². The zero-order valence-corrected chi connectivity index (χ0v) is 7.99. The van der Waals surface area contributed by atoms with Crippen molar-refractivity contribution in [3.63, 3.8) is 0 Å². The highest BCUT2D eigenvalue weighted by Gasteiger charge is 2.38. The number of nitrogens with one attached hydrogen (secondary N) is 1. The molecule has 64 valence electrons. The first kappa shape index (κ1) is 7.93. The van der Waals surface area contributed by atoms with Crippen molar-refractivity contribution < 1.29 is 0 Å². The molecule has 2 unspecified atom stereocenters. The van der Waals surface area contributed by atoms with Crippen LogP contribution in [0.5, 0.6) is 0 Å². The summed E-state index contributed by atoms with van der Waals surface area (Å²) in [5.41, 5.74) is 0. The molecule has 1 nitrogen and oxygen atoms in total. The SMILES string of the molecule is CNCC(C1CC1)C1CCS1. The molecule has 1 saturated carbocycles. The van der Waals surface area contributed by atoms with Gasteiger partial charge >= 0.3 is 0 Å². The minimum absolute atomic E-state index is 0.999. The van der Waals surface area contributed by atoms with Crippen LogP contribution in [-0.2, 0) is 0 Å². The number of thioether (sulfide) groups is 1. The van der Waals surface area contributed by atoms with Crippen molar-refractivity contribution in [1.82, 2.24) is 5.32 Å². The van der Waals surface area contributed by atoms with Crippen molar-refractivity contribution in [3.8, 4) is 0 Å². The van der Waals surface area contributed by atoms with Crippen LogP contribution >= 0.6 is 11.8 Å². The second-order valence-electron chi connectivity index (χ2n) is 3.76. The van der Waals surface area contributed by atoms with Gasteiger partial charge in [-0.3, -0.25) is 0 Å². The van der Waals surface area contributed by atoms with Crippen LogP contribution < -0.4 is 5.32 Å². The molecule has 1 N–H and O–H groups in total. The van der Waals surface area contributed by atoms with Gasteiger partial charge in [-0.2, -0.15) is 11.8 Å². The fourth-order valence-electron chi connectivity index (χ4n) is 1.95. The van der Waals surface area contributed by atoms with Gasteiger partial charge in [-0.25, -0.2) is 0 Å². The first-order chi connectivity index (χ1) is 5.42. The third-order valence-corrected chi connectivity index (χ3v) is 4.36. The standard InChI is InChI=1S/C9H17NS/c1-10-6-8(7-2-3-7)9-4-5-11-9/h7-10H,2-6H2,1H3. The molecule has 2 atom stereocenters. The maximum Gasteiger partial charge on any atom is 0.00979 e. The summed E-state index contributed by atoms with van der Waals surface area (Å²) in [4.78, 5) is 0. The predicted molar refractivity (Wildman–Crippen MR) is 51.0 cm³/mol. The molecule has 2 fully saturated rings. The van der Waals surface area contributed by atoms with Crippen LogP contribution in [0.2, 0.25) is 0 Å². The van der Waals surface area contributed by atoms with Crippen molar-refractivity contribution in [1.29, 1.82) is 0 Å². The van der Waals surface area contributed by atoms with E-state index in [9.17, 15) is 0 Å². The van der Waals surface area contributed by atoms with Crippen molar-refractivity contribution in [2.75, 3.05) is 19.3 Å². The molecule has 0 bridgehead atoms. The summed E-state index contributed by atoms with van der Waals surface area (Å²) < 4.78 is 0. The summed E-state index contributed by atoms with van der Waals surface area (Å²) in [5.74, 6) is 3.50. The number of hydrogen-bond donors (Lipinski definition) is 1. The molecule has 1 aliphatic carbocycles. The molecule has 2 aliphatic rings. The van der Waals surface area contributed by atoms with Gasteiger partial charge in [0, 0.05) is 5.25 Å². The van der Waals surface area contributed by atoms with E-state index in [1.54, 1.807) is 0 Å². The Morgan fingerprint density at radius 2 is 2.18 bits per heavy atom. The van der Waals surface area contributed by atoms with E-state index in [0.717, 1.165) is 17.1 Å². The van der Waals surface area contributed by atoms with Gasteiger partial charge in [-0.15, -0.1) is 0 Å². The van der Waals surface area contributed by atoms with E-state index in [2.05, 4.69) is 24.1 Å². The average Bonchev–Trinajstić information content (AvgIpc) is 2.63. The topological polar surface area (TPSA) is 12.0 Å². The van der Waals surface area contributed by atoms with E-state index < -0.39 is 0 Å². The normalized spacial score (nSPS) is 33.0. The van der Waals surface area contributed by atoms with Crippen molar-refractivity contribution in [2.24, 2.45) is 11.8 Å². The molecule has 0 spiro atoms. The lowest BCUT2D eigenvalue weighted by Crippen LogP contribution is -2.34. The van der Waals surface area contributed by atoms with E-state index in [4.69, 9.17) is 0 Å². The van der Waals surface area contributed by atoms with Crippen LogP contribution in [0.15, 0.2) is 0 Å². The zero-order valence-electron chi connectivity index (χ0n) is 7.18.